The first kappa shape index (κ1) is 23.7. The first-order chi connectivity index (χ1) is 16.5. The number of hydrogen-bond donors (Lipinski definition) is 1. The van der Waals surface area contributed by atoms with Gasteiger partial charge in [-0.3, -0.25) is 9.69 Å². The number of carboxylic acids is 1. The zero-order chi connectivity index (χ0) is 24.1. The van der Waals surface area contributed by atoms with Gasteiger partial charge in [0.1, 0.15) is 12.1 Å². The van der Waals surface area contributed by atoms with Crippen LogP contribution in [0, 0.1) is 18.3 Å². The Morgan fingerprint density at radius 1 is 1.12 bits per heavy atom. The highest BCUT2D eigenvalue weighted by Crippen LogP contribution is 2.27. The van der Waals surface area contributed by atoms with E-state index in [9.17, 15) is 15.2 Å². The van der Waals surface area contributed by atoms with Gasteiger partial charge in [-0.25, -0.2) is 0 Å². The lowest BCUT2D eigenvalue weighted by Crippen LogP contribution is -2.44. The van der Waals surface area contributed by atoms with Gasteiger partial charge in [0, 0.05) is 22.4 Å². The van der Waals surface area contributed by atoms with E-state index in [-0.39, 0.29) is 6.04 Å². The number of hydrogen-bond acceptors (Lipinski definition) is 3. The Morgan fingerprint density at radius 2 is 1.88 bits per heavy atom. The molecule has 0 aliphatic carbocycles. The lowest BCUT2D eigenvalue weighted by molar-refractivity contribution is -0.144. The van der Waals surface area contributed by atoms with E-state index < -0.39 is 5.97 Å². The number of nitriles is 1. The number of piperidine rings is 1. The third-order valence-electron chi connectivity index (χ3n) is 6.73. The lowest BCUT2D eigenvalue weighted by atomic mass is 9.95. The molecular weight excluding hydrogens is 436 g/mol. The molecule has 1 heterocycles. The van der Waals surface area contributed by atoms with Crippen molar-refractivity contribution >= 4 is 33.6 Å². The van der Waals surface area contributed by atoms with Gasteiger partial charge in [-0.1, -0.05) is 84.4 Å². The van der Waals surface area contributed by atoms with Crippen molar-refractivity contribution in [3.8, 4) is 17.2 Å². The van der Waals surface area contributed by atoms with Gasteiger partial charge in [0.15, 0.2) is 0 Å². The molecule has 0 bridgehead atoms. The van der Waals surface area contributed by atoms with E-state index >= 15 is 0 Å². The van der Waals surface area contributed by atoms with Crippen molar-refractivity contribution in [1.29, 1.82) is 5.26 Å². The summed E-state index contributed by atoms with van der Waals surface area (Å²) in [6.07, 6.45) is 6.90. The van der Waals surface area contributed by atoms with E-state index in [2.05, 4.69) is 36.1 Å². The third-order valence-corrected chi connectivity index (χ3v) is 7.60. The summed E-state index contributed by atoms with van der Waals surface area (Å²) in [5, 5.41) is 20.8. The molecule has 1 fully saturated rings. The summed E-state index contributed by atoms with van der Waals surface area (Å²) in [4.78, 5) is 13.8. The Bertz CT molecular complexity index is 1260. The average molecular weight is 467 g/mol. The fourth-order valence-corrected chi connectivity index (χ4v) is 5.46. The van der Waals surface area contributed by atoms with E-state index in [1.165, 1.54) is 16.3 Å². The number of aliphatic carboxylic acids is 1. The Labute approximate surface area is 204 Å². The normalized spacial score (nSPS) is 16.5. The fraction of sp³-hybridized carbons (Fsp3) is 0.241. The minimum Gasteiger partial charge on any atom is -0.480 e. The van der Waals surface area contributed by atoms with Gasteiger partial charge in [0.05, 0.1) is 5.56 Å². The Kier molecular flexibility index (Phi) is 7.42. The van der Waals surface area contributed by atoms with Crippen LogP contribution in [0.1, 0.15) is 47.1 Å². The first-order valence-corrected chi connectivity index (χ1v) is 12.8. The van der Waals surface area contributed by atoms with Crippen molar-refractivity contribution in [2.75, 3.05) is 6.54 Å². The van der Waals surface area contributed by atoms with Crippen LogP contribution in [0.25, 0.3) is 23.3 Å². The van der Waals surface area contributed by atoms with Crippen molar-refractivity contribution < 1.29 is 9.90 Å². The van der Waals surface area contributed by atoms with E-state index in [4.69, 9.17) is 0 Å². The molecule has 1 N–H and O–H groups in total. The molecule has 1 saturated heterocycles. The molecule has 0 radical (unpaired) electrons. The number of carbonyl (C=O) groups is 1. The summed E-state index contributed by atoms with van der Waals surface area (Å²) < 4.78 is 0. The Hall–Kier alpha value is -3.46. The molecule has 1 atom stereocenters. The lowest BCUT2D eigenvalue weighted by Gasteiger charge is -2.33. The number of carboxylic acid groups (broad SMARTS) is 1. The molecule has 1 aliphatic heterocycles. The molecule has 172 valence electrons. The summed E-state index contributed by atoms with van der Waals surface area (Å²) in [6.45, 7) is 3.62. The van der Waals surface area contributed by atoms with Gasteiger partial charge in [-0.15, -0.1) is 0 Å². The quantitative estimate of drug-likeness (QED) is 0.438. The van der Waals surface area contributed by atoms with Crippen LogP contribution < -0.4 is 5.19 Å². The van der Waals surface area contributed by atoms with Gasteiger partial charge in [0.25, 0.3) is 0 Å². The van der Waals surface area contributed by atoms with Crippen LogP contribution in [0.3, 0.4) is 0 Å². The smallest absolute Gasteiger partial charge is 0.320 e. The highest BCUT2D eigenvalue weighted by Gasteiger charge is 2.28. The van der Waals surface area contributed by atoms with Gasteiger partial charge >= 0.3 is 5.97 Å². The van der Waals surface area contributed by atoms with Crippen molar-refractivity contribution in [3.05, 3.63) is 88.5 Å². The van der Waals surface area contributed by atoms with Gasteiger partial charge in [0.2, 0.25) is 0 Å². The minimum absolute atomic E-state index is 0.383. The molecule has 0 spiro atoms. The molecular formula is C29H30N2O2Si. The predicted octanol–water partition coefficient (Wildman–Crippen LogP) is 4.13. The van der Waals surface area contributed by atoms with Crippen molar-refractivity contribution in [2.45, 2.75) is 38.8 Å². The highest BCUT2D eigenvalue weighted by molar-refractivity contribution is 6.34. The van der Waals surface area contributed by atoms with Crippen molar-refractivity contribution in [2.24, 2.45) is 0 Å². The number of likely N-dealkylation sites (tertiary alicyclic amines) is 1. The number of benzene rings is 3. The first-order valence-electron chi connectivity index (χ1n) is 11.8. The molecule has 0 aromatic heterocycles. The minimum atomic E-state index is -0.714. The number of aryl methyl sites for hydroxylation is 1. The average Bonchev–Trinajstić information content (AvgIpc) is 2.85. The third kappa shape index (κ3) is 5.20. The zero-order valence-electron chi connectivity index (χ0n) is 19.8. The maximum atomic E-state index is 11.7. The number of rotatable bonds is 6. The molecule has 3 aromatic rings. The predicted molar refractivity (Wildman–Crippen MR) is 142 cm³/mol. The molecule has 0 saturated carbocycles. The van der Waals surface area contributed by atoms with Gasteiger partial charge < -0.3 is 5.11 Å². The second-order valence-corrected chi connectivity index (χ2v) is 10.1. The zero-order valence-corrected chi connectivity index (χ0v) is 21.8. The summed E-state index contributed by atoms with van der Waals surface area (Å²) in [5.41, 5.74) is 7.11. The van der Waals surface area contributed by atoms with Crippen LogP contribution in [0.5, 0.6) is 0 Å². The monoisotopic (exact) mass is 466 g/mol. The summed E-state index contributed by atoms with van der Waals surface area (Å²) in [5.74, 6) is -0.714. The Morgan fingerprint density at radius 3 is 2.62 bits per heavy atom. The van der Waals surface area contributed by atoms with Crippen LogP contribution in [-0.2, 0) is 11.3 Å². The largest absolute Gasteiger partial charge is 0.480 e. The molecule has 1 aliphatic rings. The molecule has 1 unspecified atom stereocenters. The molecule has 3 aromatic carbocycles. The van der Waals surface area contributed by atoms with Crippen LogP contribution in [0.4, 0.5) is 0 Å². The molecule has 0 amide bonds. The molecule has 4 nitrogen and oxygen atoms in total. The van der Waals surface area contributed by atoms with E-state index in [0.29, 0.717) is 12.1 Å². The summed E-state index contributed by atoms with van der Waals surface area (Å²) in [6, 6.07) is 22.4. The fourth-order valence-electron chi connectivity index (χ4n) is 4.80. The standard InChI is InChI=1S/C29H30N2O2Si/c1-20-16-23(28(34)17-24(20)19-31-15-6-5-12-27(31)29(32)33)14-13-22-10-7-11-25(26(22)18-30)21-8-3-2-4-9-21/h2-4,7-11,13-14,16-17,27H,5-6,12,15,19H2,1,34H3,(H,32,33)/b14-13+. The van der Waals surface area contributed by atoms with E-state index in [0.717, 1.165) is 58.3 Å². The molecule has 4 rings (SSSR count). The van der Waals surface area contributed by atoms with Crippen molar-refractivity contribution in [3.63, 3.8) is 0 Å². The molecule has 5 heteroatoms. The topological polar surface area (TPSA) is 64.3 Å². The SMILES string of the molecule is Cc1cc(/C=C/c2cccc(-c3ccccc3)c2C#N)c([SiH3])cc1CN1CCCCC1C(=O)O. The highest BCUT2D eigenvalue weighted by atomic mass is 28.1. The maximum Gasteiger partial charge on any atom is 0.320 e. The van der Waals surface area contributed by atoms with Crippen LogP contribution in [0.2, 0.25) is 0 Å². The summed E-state index contributed by atoms with van der Waals surface area (Å²) >= 11 is 0. The van der Waals surface area contributed by atoms with Crippen LogP contribution >= 0.6 is 0 Å². The number of nitrogens with zero attached hydrogens (tertiary/aromatic N) is 2. The van der Waals surface area contributed by atoms with Crippen LogP contribution in [-0.4, -0.2) is 38.8 Å². The second-order valence-electron chi connectivity index (χ2n) is 9.04. The Balaban J connectivity index is 1.60. The van der Waals surface area contributed by atoms with Gasteiger partial charge in [-0.2, -0.15) is 5.26 Å². The maximum absolute atomic E-state index is 11.7. The summed E-state index contributed by atoms with van der Waals surface area (Å²) in [7, 11) is 0.885. The van der Waals surface area contributed by atoms with E-state index in [1.807, 2.05) is 54.6 Å². The van der Waals surface area contributed by atoms with Crippen molar-refractivity contribution in [1.82, 2.24) is 4.90 Å². The van der Waals surface area contributed by atoms with E-state index in [1.54, 1.807) is 0 Å². The van der Waals surface area contributed by atoms with Crippen LogP contribution in [0.15, 0.2) is 60.7 Å². The molecule has 34 heavy (non-hydrogen) atoms. The van der Waals surface area contributed by atoms with Gasteiger partial charge in [-0.05, 0) is 54.1 Å². The second kappa shape index (κ2) is 10.6.